The van der Waals surface area contributed by atoms with Crippen molar-refractivity contribution in [1.82, 2.24) is 19.7 Å². The molecule has 2 aromatic heterocycles. The Hall–Kier alpha value is -5.43. The average Bonchev–Trinajstić information content (AvgIpc) is 3.32. The third-order valence-corrected chi connectivity index (χ3v) is 5.92. The zero-order chi connectivity index (χ0) is 27.6. The molecule has 0 saturated carbocycles. The molecular weight excluding hydrogens is 492 g/mol. The number of carbonyl (C=O) groups excluding carboxylic acids is 1. The number of azo groups is 1. The molecule has 0 fully saturated rings. The minimum atomic E-state index is -0.500. The molecule has 2 heterocycles. The van der Waals surface area contributed by atoms with Crippen molar-refractivity contribution in [2.45, 2.75) is 26.2 Å². The van der Waals surface area contributed by atoms with Crippen molar-refractivity contribution < 1.29 is 9.90 Å². The fourth-order valence-electron chi connectivity index (χ4n) is 4.05. The highest BCUT2D eigenvalue weighted by atomic mass is 16.3. The van der Waals surface area contributed by atoms with Crippen LogP contribution in [0, 0.1) is 6.57 Å². The maximum absolute atomic E-state index is 13.1. The van der Waals surface area contributed by atoms with Crippen molar-refractivity contribution in [3.63, 3.8) is 0 Å². The average molecular weight is 517 g/mol. The second-order valence-corrected chi connectivity index (χ2v) is 9.71. The maximum Gasteiger partial charge on any atom is 0.259 e. The summed E-state index contributed by atoms with van der Waals surface area (Å²) in [5.74, 6) is -0.505. The Balaban J connectivity index is 1.67. The molecule has 0 atom stereocenters. The zero-order valence-electron chi connectivity index (χ0n) is 21.5. The van der Waals surface area contributed by atoms with Gasteiger partial charge < -0.3 is 10.4 Å². The second-order valence-electron chi connectivity index (χ2n) is 9.71. The number of phenolic OH excluding ortho intramolecular Hbond substituents is 1. The number of amides is 1. The molecular formula is C29H24N8O2. The van der Waals surface area contributed by atoms with Gasteiger partial charge >= 0.3 is 0 Å². The molecule has 5 aromatic rings. The molecule has 0 spiro atoms. The molecule has 0 aliphatic rings. The molecule has 3 aromatic carbocycles. The van der Waals surface area contributed by atoms with Crippen LogP contribution < -0.4 is 5.32 Å². The lowest BCUT2D eigenvalue weighted by Crippen LogP contribution is -2.13. The first-order chi connectivity index (χ1) is 18.8. The van der Waals surface area contributed by atoms with E-state index in [0.717, 1.165) is 0 Å². The third kappa shape index (κ3) is 4.93. The van der Waals surface area contributed by atoms with Crippen molar-refractivity contribution in [2.75, 3.05) is 5.32 Å². The highest BCUT2D eigenvalue weighted by molar-refractivity contribution is 6.11. The van der Waals surface area contributed by atoms with Crippen molar-refractivity contribution in [1.29, 1.82) is 0 Å². The van der Waals surface area contributed by atoms with Gasteiger partial charge in [0.25, 0.3) is 17.5 Å². The first kappa shape index (κ1) is 25.2. The summed E-state index contributed by atoms with van der Waals surface area (Å²) >= 11 is 0. The lowest BCUT2D eigenvalue weighted by atomic mass is 9.91. The first-order valence-corrected chi connectivity index (χ1v) is 12.1. The Morgan fingerprint density at radius 1 is 1.00 bits per heavy atom. The summed E-state index contributed by atoms with van der Waals surface area (Å²) < 4.78 is 1.36. The molecule has 2 N–H and O–H groups in total. The van der Waals surface area contributed by atoms with Gasteiger partial charge in [-0.15, -0.1) is 10.2 Å². The highest BCUT2D eigenvalue weighted by Crippen LogP contribution is 2.43. The molecule has 0 aliphatic carbocycles. The molecule has 0 bridgehead atoms. The number of fused-ring (bicyclic) bond motifs is 1. The van der Waals surface area contributed by atoms with Gasteiger partial charge in [-0.1, -0.05) is 63.2 Å². The molecule has 1 amide bonds. The van der Waals surface area contributed by atoms with Gasteiger partial charge in [-0.3, -0.25) is 4.79 Å². The summed E-state index contributed by atoms with van der Waals surface area (Å²) in [5.41, 5.74) is 0.924. The topological polar surface area (TPSA) is 122 Å². The van der Waals surface area contributed by atoms with Gasteiger partial charge in [0.2, 0.25) is 0 Å². The zero-order valence-corrected chi connectivity index (χ0v) is 21.5. The number of rotatable bonds is 5. The molecule has 0 aliphatic heterocycles. The van der Waals surface area contributed by atoms with E-state index in [1.807, 2.05) is 39.0 Å². The van der Waals surface area contributed by atoms with Gasteiger partial charge in [0.15, 0.2) is 11.6 Å². The van der Waals surface area contributed by atoms with E-state index in [-0.39, 0.29) is 34.5 Å². The minimum absolute atomic E-state index is 0.0344. The van der Waals surface area contributed by atoms with E-state index in [2.05, 4.69) is 35.5 Å². The smallest absolute Gasteiger partial charge is 0.259 e. The van der Waals surface area contributed by atoms with Crippen LogP contribution in [0.2, 0.25) is 0 Å². The van der Waals surface area contributed by atoms with Gasteiger partial charge in [0, 0.05) is 23.5 Å². The van der Waals surface area contributed by atoms with Crippen molar-refractivity contribution in [2.24, 2.45) is 10.2 Å². The SMILES string of the molecule is [C-]#[N+]c1c(C(C)(C)C)nn(-c2ncccn2)c1/N=N/c1c(O)c(C(=O)Nc2ccccc2)cc2ccccc12. The van der Waals surface area contributed by atoms with Crippen molar-refractivity contribution in [3.05, 3.63) is 102 Å². The lowest BCUT2D eigenvalue weighted by molar-refractivity contribution is 0.102. The van der Waals surface area contributed by atoms with Crippen LogP contribution in [0.5, 0.6) is 5.75 Å². The van der Waals surface area contributed by atoms with Crippen molar-refractivity contribution >= 4 is 39.6 Å². The third-order valence-electron chi connectivity index (χ3n) is 5.92. The fraction of sp³-hybridized carbons (Fsp3) is 0.138. The van der Waals surface area contributed by atoms with E-state index in [9.17, 15) is 9.90 Å². The van der Waals surface area contributed by atoms with Crippen LogP contribution >= 0.6 is 0 Å². The fourth-order valence-corrected chi connectivity index (χ4v) is 4.05. The highest BCUT2D eigenvalue weighted by Gasteiger charge is 2.29. The number of nitrogens with zero attached hydrogens (tertiary/aromatic N) is 7. The number of aromatic hydroxyl groups is 1. The van der Waals surface area contributed by atoms with E-state index in [1.54, 1.807) is 60.9 Å². The Morgan fingerprint density at radius 3 is 2.38 bits per heavy atom. The van der Waals surface area contributed by atoms with Gasteiger partial charge in [-0.2, -0.15) is 9.78 Å². The summed E-state index contributed by atoms with van der Waals surface area (Å²) in [6.45, 7) is 13.7. The Morgan fingerprint density at radius 2 is 1.69 bits per heavy atom. The molecule has 0 saturated heterocycles. The normalized spacial score (nSPS) is 11.5. The molecule has 192 valence electrons. The van der Waals surface area contributed by atoms with Crippen LogP contribution in [0.15, 0.2) is 89.4 Å². The minimum Gasteiger partial charge on any atom is -0.505 e. The standard InChI is InChI=1S/C29H24N8O2/c1-29(2,3)25-23(30-4)26(37(36-25)28-31-15-10-16-32-28)35-34-22-20-14-9-8-11-18(20)17-21(24(22)38)27(39)33-19-12-6-5-7-13-19/h5-17,38H,1-3H3,(H,33,39)/b35-34+. The summed E-state index contributed by atoms with van der Waals surface area (Å²) in [6.07, 6.45) is 3.13. The number of nitrogens with one attached hydrogen (secondary N) is 1. The van der Waals surface area contributed by atoms with E-state index in [1.165, 1.54) is 4.68 Å². The predicted molar refractivity (Wildman–Crippen MR) is 148 cm³/mol. The maximum atomic E-state index is 13.1. The van der Waals surface area contributed by atoms with E-state index < -0.39 is 11.3 Å². The van der Waals surface area contributed by atoms with Gasteiger partial charge in [0.1, 0.15) is 5.69 Å². The molecule has 0 radical (unpaired) electrons. The van der Waals surface area contributed by atoms with Crippen LogP contribution in [-0.4, -0.2) is 30.8 Å². The predicted octanol–water partition coefficient (Wildman–Crippen LogP) is 7.04. The monoisotopic (exact) mass is 516 g/mol. The summed E-state index contributed by atoms with van der Waals surface area (Å²) in [6, 6.07) is 19.4. The number of benzene rings is 3. The Kier molecular flexibility index (Phi) is 6.56. The number of hydrogen-bond donors (Lipinski definition) is 2. The van der Waals surface area contributed by atoms with Gasteiger partial charge in [-0.05, 0) is 35.1 Å². The Bertz CT molecular complexity index is 1750. The molecule has 10 nitrogen and oxygen atoms in total. The van der Waals surface area contributed by atoms with E-state index in [4.69, 9.17) is 6.57 Å². The summed E-state index contributed by atoms with van der Waals surface area (Å²) in [5, 5.41) is 28.7. The molecule has 10 heteroatoms. The molecule has 5 rings (SSSR count). The van der Waals surface area contributed by atoms with Crippen LogP contribution in [0.3, 0.4) is 0 Å². The van der Waals surface area contributed by atoms with Gasteiger partial charge in [0.05, 0.1) is 17.8 Å². The molecule has 39 heavy (non-hydrogen) atoms. The van der Waals surface area contributed by atoms with E-state index in [0.29, 0.717) is 22.2 Å². The summed E-state index contributed by atoms with van der Waals surface area (Å²) in [7, 11) is 0. The quantitative estimate of drug-likeness (QED) is 0.192. The second kappa shape index (κ2) is 10.1. The van der Waals surface area contributed by atoms with Crippen LogP contribution in [0.25, 0.3) is 21.6 Å². The molecule has 0 unspecified atom stereocenters. The number of para-hydroxylation sites is 1. The number of hydrogen-bond acceptors (Lipinski definition) is 7. The van der Waals surface area contributed by atoms with Crippen LogP contribution in [0.1, 0.15) is 36.8 Å². The largest absolute Gasteiger partial charge is 0.505 e. The van der Waals surface area contributed by atoms with Crippen LogP contribution in [0.4, 0.5) is 22.9 Å². The Labute approximate surface area is 224 Å². The number of phenols is 1. The van der Waals surface area contributed by atoms with Crippen LogP contribution in [-0.2, 0) is 5.41 Å². The first-order valence-electron chi connectivity index (χ1n) is 12.1. The van der Waals surface area contributed by atoms with Crippen molar-refractivity contribution in [3.8, 4) is 11.7 Å². The van der Waals surface area contributed by atoms with E-state index >= 15 is 0 Å². The lowest BCUT2D eigenvalue weighted by Gasteiger charge is -2.15. The number of aromatic nitrogens is 4. The number of anilines is 1. The summed E-state index contributed by atoms with van der Waals surface area (Å²) in [4.78, 5) is 25.4. The number of carbonyl (C=O) groups is 1. The van der Waals surface area contributed by atoms with Gasteiger partial charge in [-0.25, -0.2) is 14.8 Å².